The van der Waals surface area contributed by atoms with Crippen LogP contribution < -0.4 is 0 Å². The van der Waals surface area contributed by atoms with E-state index in [9.17, 15) is 4.79 Å². The molecule has 68 valence electrons. The van der Waals surface area contributed by atoms with Crippen molar-refractivity contribution < 1.29 is 4.79 Å². The van der Waals surface area contributed by atoms with E-state index in [1.807, 2.05) is 0 Å². The van der Waals surface area contributed by atoms with Crippen molar-refractivity contribution in [2.75, 3.05) is 13.1 Å². The predicted molar refractivity (Wildman–Crippen MR) is 48.3 cm³/mol. The molecule has 0 aromatic heterocycles. The quantitative estimate of drug-likeness (QED) is 0.422. The first-order chi connectivity index (χ1) is 5.72. The van der Waals surface area contributed by atoms with E-state index >= 15 is 0 Å². The van der Waals surface area contributed by atoms with Gasteiger partial charge < -0.3 is 4.90 Å². The van der Waals surface area contributed by atoms with E-state index < -0.39 is 0 Å². The number of halogens is 1. The first kappa shape index (κ1) is 8.36. The van der Waals surface area contributed by atoms with Gasteiger partial charge in [0.15, 0.2) is 0 Å². The summed E-state index contributed by atoms with van der Waals surface area (Å²) in [4.78, 5) is 12.6. The fraction of sp³-hybridized carbons (Fsp3) is 0.889. The molecule has 0 aromatic rings. The van der Waals surface area contributed by atoms with Crippen LogP contribution in [0.3, 0.4) is 0 Å². The average molecular weight is 188 g/mol. The Morgan fingerprint density at radius 3 is 2.08 bits per heavy atom. The van der Waals surface area contributed by atoms with E-state index in [-0.39, 0.29) is 5.37 Å². The van der Waals surface area contributed by atoms with E-state index in [4.69, 9.17) is 11.6 Å². The van der Waals surface area contributed by atoms with Crippen LogP contribution in [0, 0.1) is 5.41 Å². The van der Waals surface area contributed by atoms with Crippen molar-refractivity contribution in [1.29, 1.82) is 0 Å². The van der Waals surface area contributed by atoms with Crippen molar-refractivity contribution in [2.24, 2.45) is 5.41 Å². The topological polar surface area (TPSA) is 20.3 Å². The van der Waals surface area contributed by atoms with Crippen LogP contribution in [0.1, 0.15) is 32.1 Å². The minimum atomic E-state index is -0.274. The van der Waals surface area contributed by atoms with Crippen LogP contribution in [0.4, 0.5) is 4.79 Å². The summed E-state index contributed by atoms with van der Waals surface area (Å²) in [5.41, 5.74) is 0.614. The highest BCUT2D eigenvalue weighted by Crippen LogP contribution is 2.48. The van der Waals surface area contributed by atoms with Crippen molar-refractivity contribution in [1.82, 2.24) is 4.90 Å². The number of nitrogens with zero attached hydrogens (tertiary/aromatic N) is 1. The van der Waals surface area contributed by atoms with Crippen LogP contribution in [0.5, 0.6) is 0 Å². The van der Waals surface area contributed by atoms with Gasteiger partial charge in [-0.1, -0.05) is 6.42 Å². The molecule has 2 rings (SSSR count). The number of piperidine rings is 1. The molecule has 1 saturated heterocycles. The molecule has 1 amide bonds. The molecule has 1 spiro atoms. The molecule has 1 saturated carbocycles. The van der Waals surface area contributed by atoms with Crippen molar-refractivity contribution in [3.63, 3.8) is 0 Å². The first-order valence-corrected chi connectivity index (χ1v) is 5.04. The van der Waals surface area contributed by atoms with Crippen LogP contribution in [-0.2, 0) is 0 Å². The standard InChI is InChI=1S/C9H14ClNO/c10-8(12)11-6-4-9(5-7-11)2-1-3-9/h1-7H2. The summed E-state index contributed by atoms with van der Waals surface area (Å²) in [5.74, 6) is 0. The zero-order valence-corrected chi connectivity index (χ0v) is 7.94. The Labute approximate surface area is 77.9 Å². The van der Waals surface area contributed by atoms with Gasteiger partial charge in [-0.05, 0) is 42.7 Å². The third-order valence-corrected chi connectivity index (χ3v) is 3.73. The molecule has 0 atom stereocenters. The van der Waals surface area contributed by atoms with Crippen molar-refractivity contribution >= 4 is 17.0 Å². The summed E-state index contributed by atoms with van der Waals surface area (Å²) >= 11 is 5.40. The van der Waals surface area contributed by atoms with E-state index in [1.165, 1.54) is 32.1 Å². The summed E-state index contributed by atoms with van der Waals surface area (Å²) in [7, 11) is 0. The maximum absolute atomic E-state index is 10.8. The van der Waals surface area contributed by atoms with E-state index in [2.05, 4.69) is 0 Å². The maximum atomic E-state index is 10.8. The van der Waals surface area contributed by atoms with Crippen LogP contribution >= 0.6 is 11.6 Å². The summed E-state index contributed by atoms with van der Waals surface area (Å²) in [6, 6.07) is 0. The normalized spacial score (nSPS) is 26.9. The van der Waals surface area contributed by atoms with Crippen LogP contribution in [0.25, 0.3) is 0 Å². The molecular formula is C9H14ClNO. The van der Waals surface area contributed by atoms with Gasteiger partial charge in [0.05, 0.1) is 0 Å². The van der Waals surface area contributed by atoms with Gasteiger partial charge in [-0.25, -0.2) is 0 Å². The second-order valence-electron chi connectivity index (χ2n) is 4.09. The van der Waals surface area contributed by atoms with E-state index in [0.29, 0.717) is 5.41 Å². The molecule has 3 heteroatoms. The van der Waals surface area contributed by atoms with Crippen molar-refractivity contribution in [3.8, 4) is 0 Å². The van der Waals surface area contributed by atoms with Gasteiger partial charge in [0.25, 0.3) is 0 Å². The van der Waals surface area contributed by atoms with E-state index in [1.54, 1.807) is 4.90 Å². The summed E-state index contributed by atoms with van der Waals surface area (Å²) in [6.07, 6.45) is 6.47. The molecule has 0 unspecified atom stereocenters. The Morgan fingerprint density at radius 2 is 1.75 bits per heavy atom. The lowest BCUT2D eigenvalue weighted by molar-refractivity contribution is 0.0506. The zero-order valence-electron chi connectivity index (χ0n) is 7.18. The Morgan fingerprint density at radius 1 is 1.17 bits per heavy atom. The summed E-state index contributed by atoms with van der Waals surface area (Å²) < 4.78 is 0. The van der Waals surface area contributed by atoms with Crippen LogP contribution in [0.15, 0.2) is 0 Å². The molecule has 2 fully saturated rings. The second kappa shape index (κ2) is 2.91. The molecule has 2 aliphatic rings. The fourth-order valence-electron chi connectivity index (χ4n) is 2.33. The van der Waals surface area contributed by atoms with Gasteiger partial charge >= 0.3 is 5.37 Å². The highest BCUT2D eigenvalue weighted by molar-refractivity contribution is 6.62. The molecule has 12 heavy (non-hydrogen) atoms. The zero-order chi connectivity index (χ0) is 8.60. The third kappa shape index (κ3) is 1.33. The number of likely N-dealkylation sites (tertiary alicyclic amines) is 1. The Balaban J connectivity index is 1.88. The smallest absolute Gasteiger partial charge is 0.316 e. The van der Waals surface area contributed by atoms with E-state index in [0.717, 1.165) is 13.1 Å². The van der Waals surface area contributed by atoms with Gasteiger partial charge in [0.2, 0.25) is 0 Å². The van der Waals surface area contributed by atoms with Gasteiger partial charge in [0.1, 0.15) is 0 Å². The number of hydrogen-bond acceptors (Lipinski definition) is 1. The number of hydrogen-bond donors (Lipinski definition) is 0. The fourth-order valence-corrected chi connectivity index (χ4v) is 2.50. The highest BCUT2D eigenvalue weighted by Gasteiger charge is 2.40. The molecule has 0 bridgehead atoms. The Bertz CT molecular complexity index is 191. The monoisotopic (exact) mass is 187 g/mol. The number of rotatable bonds is 0. The molecule has 1 aliphatic heterocycles. The molecule has 1 heterocycles. The Kier molecular flexibility index (Phi) is 2.03. The lowest BCUT2D eigenvalue weighted by Gasteiger charge is -2.47. The number of carbonyl (C=O) groups is 1. The van der Waals surface area contributed by atoms with Gasteiger partial charge in [-0.3, -0.25) is 4.79 Å². The summed E-state index contributed by atoms with van der Waals surface area (Å²) in [6.45, 7) is 1.75. The average Bonchev–Trinajstić information content (AvgIpc) is 2.02. The van der Waals surface area contributed by atoms with Gasteiger partial charge in [0, 0.05) is 13.1 Å². The summed E-state index contributed by atoms with van der Waals surface area (Å²) in [5, 5.41) is -0.274. The molecular weight excluding hydrogens is 174 g/mol. The third-order valence-electron chi connectivity index (χ3n) is 3.49. The predicted octanol–water partition coefficient (Wildman–Crippen LogP) is 2.61. The Hall–Kier alpha value is -0.240. The first-order valence-electron chi connectivity index (χ1n) is 4.66. The molecule has 2 nitrogen and oxygen atoms in total. The lowest BCUT2D eigenvalue weighted by Crippen LogP contribution is -2.44. The minimum Gasteiger partial charge on any atom is -0.329 e. The van der Waals surface area contributed by atoms with Crippen LogP contribution in [0.2, 0.25) is 0 Å². The van der Waals surface area contributed by atoms with Gasteiger partial charge in [-0.2, -0.15) is 0 Å². The molecule has 1 aliphatic carbocycles. The second-order valence-corrected chi connectivity index (χ2v) is 4.42. The number of amides is 1. The highest BCUT2D eigenvalue weighted by atomic mass is 35.5. The SMILES string of the molecule is O=C(Cl)N1CCC2(CCC2)CC1. The maximum Gasteiger partial charge on any atom is 0.316 e. The lowest BCUT2D eigenvalue weighted by atomic mass is 9.63. The minimum absolute atomic E-state index is 0.274. The molecule has 0 radical (unpaired) electrons. The molecule has 0 N–H and O–H groups in total. The molecule has 0 aromatic carbocycles. The van der Waals surface area contributed by atoms with Crippen LogP contribution in [-0.4, -0.2) is 23.4 Å². The van der Waals surface area contributed by atoms with Crippen molar-refractivity contribution in [2.45, 2.75) is 32.1 Å². The van der Waals surface area contributed by atoms with Gasteiger partial charge in [-0.15, -0.1) is 0 Å². The number of carbonyl (C=O) groups excluding carboxylic acids is 1. The van der Waals surface area contributed by atoms with Crippen molar-refractivity contribution in [3.05, 3.63) is 0 Å². The largest absolute Gasteiger partial charge is 0.329 e.